The van der Waals surface area contributed by atoms with E-state index in [0.717, 1.165) is 30.5 Å². The lowest BCUT2D eigenvalue weighted by molar-refractivity contribution is 0.288. The van der Waals surface area contributed by atoms with Crippen LogP contribution in [0.25, 0.3) is 10.8 Å². The smallest absolute Gasteiger partial charge is 0.243 e. The van der Waals surface area contributed by atoms with E-state index in [2.05, 4.69) is 66.9 Å². The van der Waals surface area contributed by atoms with E-state index in [4.69, 9.17) is 0 Å². The van der Waals surface area contributed by atoms with Gasteiger partial charge < -0.3 is 5.32 Å². The molecule has 5 heteroatoms. The maximum Gasteiger partial charge on any atom is 0.243 e. The van der Waals surface area contributed by atoms with Crippen molar-refractivity contribution in [1.29, 1.82) is 0 Å². The maximum atomic E-state index is 13.4. The normalized spacial score (nSPS) is 25.5. The fourth-order valence-electron chi connectivity index (χ4n) is 5.94. The molecule has 0 amide bonds. The lowest BCUT2D eigenvalue weighted by atomic mass is 9.76. The molecular weight excluding hydrogens is 428 g/mol. The van der Waals surface area contributed by atoms with Gasteiger partial charge >= 0.3 is 0 Å². The summed E-state index contributed by atoms with van der Waals surface area (Å²) in [6.07, 6.45) is 7.41. The SMILES string of the molecule is CC1CCN(S(=O)(=O)c2ccc3c(c2)C2C=CCC2C(c2cccc4ccccc24)N3)CC1. The second-order valence-corrected chi connectivity index (χ2v) is 11.8. The highest BCUT2D eigenvalue weighted by atomic mass is 32.2. The molecule has 0 spiro atoms. The number of benzene rings is 3. The lowest BCUT2D eigenvalue weighted by Crippen LogP contribution is -2.38. The first kappa shape index (κ1) is 20.9. The zero-order valence-corrected chi connectivity index (χ0v) is 19.8. The number of nitrogens with zero attached hydrogens (tertiary/aromatic N) is 1. The fourth-order valence-corrected chi connectivity index (χ4v) is 7.44. The molecule has 0 saturated carbocycles. The third kappa shape index (κ3) is 3.49. The van der Waals surface area contributed by atoms with Gasteiger partial charge in [-0.3, -0.25) is 0 Å². The highest BCUT2D eigenvalue weighted by Gasteiger charge is 2.39. The summed E-state index contributed by atoms with van der Waals surface area (Å²) < 4.78 is 28.5. The van der Waals surface area contributed by atoms with E-state index >= 15 is 0 Å². The van der Waals surface area contributed by atoms with E-state index in [1.54, 1.807) is 10.4 Å². The molecule has 4 nitrogen and oxygen atoms in total. The number of piperidine rings is 1. The molecule has 2 heterocycles. The predicted molar refractivity (Wildman–Crippen MR) is 134 cm³/mol. The van der Waals surface area contributed by atoms with Crippen LogP contribution >= 0.6 is 0 Å². The van der Waals surface area contributed by atoms with Crippen LogP contribution in [0.5, 0.6) is 0 Å². The minimum Gasteiger partial charge on any atom is -0.378 e. The molecule has 33 heavy (non-hydrogen) atoms. The number of hydrogen-bond acceptors (Lipinski definition) is 3. The first-order valence-corrected chi connectivity index (χ1v) is 13.5. The van der Waals surface area contributed by atoms with E-state index < -0.39 is 10.0 Å². The van der Waals surface area contributed by atoms with Gasteiger partial charge in [-0.15, -0.1) is 0 Å². The Morgan fingerprint density at radius 3 is 2.58 bits per heavy atom. The van der Waals surface area contributed by atoms with Crippen LogP contribution in [-0.2, 0) is 10.0 Å². The molecule has 0 aromatic heterocycles. The number of nitrogens with one attached hydrogen (secondary N) is 1. The van der Waals surface area contributed by atoms with Crippen molar-refractivity contribution < 1.29 is 8.42 Å². The summed E-state index contributed by atoms with van der Waals surface area (Å²) in [5.74, 6) is 1.19. The molecule has 6 rings (SSSR count). The Morgan fingerprint density at radius 1 is 0.939 bits per heavy atom. The molecular formula is C28H30N2O2S. The van der Waals surface area contributed by atoms with Gasteiger partial charge in [0.05, 0.1) is 10.9 Å². The molecule has 2 aliphatic heterocycles. The van der Waals surface area contributed by atoms with Gasteiger partial charge in [-0.1, -0.05) is 61.5 Å². The van der Waals surface area contributed by atoms with Crippen molar-refractivity contribution in [2.75, 3.05) is 18.4 Å². The van der Waals surface area contributed by atoms with Crippen LogP contribution in [0, 0.1) is 11.8 Å². The van der Waals surface area contributed by atoms with Crippen molar-refractivity contribution in [1.82, 2.24) is 4.31 Å². The second-order valence-electron chi connectivity index (χ2n) is 9.88. The Bertz CT molecular complexity index is 1330. The molecule has 1 N–H and O–H groups in total. The third-order valence-electron chi connectivity index (χ3n) is 7.87. The minimum absolute atomic E-state index is 0.189. The monoisotopic (exact) mass is 458 g/mol. The van der Waals surface area contributed by atoms with Gasteiger partial charge in [-0.05, 0) is 71.2 Å². The molecule has 1 aliphatic carbocycles. The largest absolute Gasteiger partial charge is 0.378 e. The van der Waals surface area contributed by atoms with Crippen LogP contribution in [0.2, 0.25) is 0 Å². The molecule has 0 bridgehead atoms. The molecule has 1 saturated heterocycles. The molecule has 3 aromatic carbocycles. The van der Waals surface area contributed by atoms with Gasteiger partial charge in [-0.2, -0.15) is 4.31 Å². The van der Waals surface area contributed by atoms with E-state index in [1.807, 2.05) is 12.1 Å². The fraction of sp³-hybridized carbons (Fsp3) is 0.357. The van der Waals surface area contributed by atoms with Crippen LogP contribution in [0.3, 0.4) is 0 Å². The topological polar surface area (TPSA) is 49.4 Å². The van der Waals surface area contributed by atoms with E-state index in [-0.39, 0.29) is 12.0 Å². The summed E-state index contributed by atoms with van der Waals surface area (Å²) in [6, 6.07) is 21.0. The van der Waals surface area contributed by atoms with E-state index in [0.29, 0.717) is 29.8 Å². The Hall–Kier alpha value is -2.63. The number of fused-ring (bicyclic) bond motifs is 4. The summed E-state index contributed by atoms with van der Waals surface area (Å²) in [4.78, 5) is 0.431. The number of hydrogen-bond donors (Lipinski definition) is 1. The van der Waals surface area contributed by atoms with Crippen LogP contribution in [-0.4, -0.2) is 25.8 Å². The molecule has 3 aliphatic rings. The van der Waals surface area contributed by atoms with E-state index in [9.17, 15) is 8.42 Å². The van der Waals surface area contributed by atoms with Crippen LogP contribution < -0.4 is 5.32 Å². The second kappa shape index (κ2) is 8.00. The van der Waals surface area contributed by atoms with Gasteiger partial charge in [0.1, 0.15) is 0 Å². The molecule has 3 atom stereocenters. The molecule has 3 aromatic rings. The van der Waals surface area contributed by atoms with Crippen molar-refractivity contribution in [3.63, 3.8) is 0 Å². The molecule has 0 radical (unpaired) electrons. The number of allylic oxidation sites excluding steroid dienone is 2. The number of anilines is 1. The quantitative estimate of drug-likeness (QED) is 0.484. The summed E-state index contributed by atoms with van der Waals surface area (Å²) in [5.41, 5.74) is 3.47. The minimum atomic E-state index is -3.46. The van der Waals surface area contributed by atoms with Gasteiger partial charge in [0.2, 0.25) is 10.0 Å². The lowest BCUT2D eigenvalue weighted by Gasteiger charge is -2.38. The van der Waals surface area contributed by atoms with Crippen LogP contribution in [0.4, 0.5) is 5.69 Å². The van der Waals surface area contributed by atoms with Crippen molar-refractivity contribution in [3.8, 4) is 0 Å². The Kier molecular flexibility index (Phi) is 5.07. The average Bonchev–Trinajstić information content (AvgIpc) is 3.34. The molecule has 3 unspecified atom stereocenters. The van der Waals surface area contributed by atoms with Crippen molar-refractivity contribution in [2.24, 2.45) is 11.8 Å². The number of sulfonamides is 1. The third-order valence-corrected chi connectivity index (χ3v) is 9.77. The van der Waals surface area contributed by atoms with Crippen molar-refractivity contribution in [2.45, 2.75) is 43.0 Å². The van der Waals surface area contributed by atoms with Gasteiger partial charge in [0.15, 0.2) is 0 Å². The first-order chi connectivity index (χ1) is 16.0. The van der Waals surface area contributed by atoms with Crippen LogP contribution in [0.15, 0.2) is 77.7 Å². The zero-order chi connectivity index (χ0) is 22.6. The summed E-state index contributed by atoms with van der Waals surface area (Å²) in [5, 5.41) is 6.33. The first-order valence-electron chi connectivity index (χ1n) is 12.1. The summed E-state index contributed by atoms with van der Waals surface area (Å²) in [6.45, 7) is 3.44. The van der Waals surface area contributed by atoms with Crippen molar-refractivity contribution >= 4 is 26.5 Å². The van der Waals surface area contributed by atoms with Gasteiger partial charge in [-0.25, -0.2) is 8.42 Å². The predicted octanol–water partition coefficient (Wildman–Crippen LogP) is 6.09. The average molecular weight is 459 g/mol. The van der Waals surface area contributed by atoms with Gasteiger partial charge in [0, 0.05) is 24.7 Å². The Balaban J connectivity index is 1.38. The Morgan fingerprint density at radius 2 is 1.73 bits per heavy atom. The molecule has 1 fully saturated rings. The summed E-state index contributed by atoms with van der Waals surface area (Å²) in [7, 11) is -3.46. The van der Waals surface area contributed by atoms with E-state index in [1.165, 1.54) is 16.3 Å². The highest BCUT2D eigenvalue weighted by Crippen LogP contribution is 2.51. The standard InChI is InChI=1S/C28H30N2O2S/c1-19-14-16-30(17-15-19)33(31,32)21-12-13-27-26(18-21)23-9-5-11-25(23)28(29-27)24-10-4-7-20-6-2-3-8-22(20)24/h2-10,12-13,18-19,23,25,28-29H,11,14-17H2,1H3. The van der Waals surface area contributed by atoms with Crippen LogP contribution in [0.1, 0.15) is 49.3 Å². The molecule has 170 valence electrons. The highest BCUT2D eigenvalue weighted by molar-refractivity contribution is 7.89. The maximum absolute atomic E-state index is 13.4. The van der Waals surface area contributed by atoms with Crippen molar-refractivity contribution in [3.05, 3.63) is 83.9 Å². The van der Waals surface area contributed by atoms with Gasteiger partial charge in [0.25, 0.3) is 0 Å². The zero-order valence-electron chi connectivity index (χ0n) is 18.9. The number of rotatable bonds is 3. The Labute approximate surface area is 196 Å². The summed E-state index contributed by atoms with van der Waals surface area (Å²) >= 11 is 0.